The Morgan fingerprint density at radius 1 is 0.900 bits per heavy atom. The molecule has 3 rings (SSSR count). The van der Waals surface area contributed by atoms with E-state index in [0.717, 1.165) is 0 Å². The van der Waals surface area contributed by atoms with Crippen molar-refractivity contribution < 1.29 is 0 Å². The summed E-state index contributed by atoms with van der Waals surface area (Å²) in [6, 6.07) is 17.6. The van der Waals surface area contributed by atoms with Gasteiger partial charge in [-0.15, -0.1) is 0 Å². The van der Waals surface area contributed by atoms with Gasteiger partial charge in [-0.1, -0.05) is 66.0 Å². The second-order valence-corrected chi connectivity index (χ2v) is 5.84. The minimum absolute atomic E-state index is 1.24. The standard InChI is InChI=1S/C18H19NS/c1-13-3-5-14(6-4-13)15-7-9-16(10-8-15)18(19-20-2)17-11-12-17/h3-10,19H,11-12H2,1-2H3. The molecule has 0 aromatic heterocycles. The van der Waals surface area contributed by atoms with Crippen molar-refractivity contribution in [2.24, 2.45) is 0 Å². The Labute approximate surface area is 125 Å². The summed E-state index contributed by atoms with van der Waals surface area (Å²) in [5.74, 6) is 0. The molecule has 102 valence electrons. The molecule has 0 amide bonds. The van der Waals surface area contributed by atoms with Crippen molar-refractivity contribution in [2.75, 3.05) is 6.26 Å². The van der Waals surface area contributed by atoms with Crippen molar-refractivity contribution >= 4 is 17.6 Å². The maximum atomic E-state index is 3.42. The maximum absolute atomic E-state index is 3.42. The van der Waals surface area contributed by atoms with E-state index in [9.17, 15) is 0 Å². The Morgan fingerprint density at radius 3 is 1.95 bits per heavy atom. The van der Waals surface area contributed by atoms with E-state index in [-0.39, 0.29) is 0 Å². The van der Waals surface area contributed by atoms with Crippen molar-refractivity contribution in [2.45, 2.75) is 19.8 Å². The topological polar surface area (TPSA) is 12.0 Å². The van der Waals surface area contributed by atoms with Crippen LogP contribution in [0, 0.1) is 6.92 Å². The third-order valence-electron chi connectivity index (χ3n) is 3.62. The number of hydrogen-bond donors (Lipinski definition) is 1. The molecule has 0 bridgehead atoms. The van der Waals surface area contributed by atoms with Gasteiger partial charge in [0.1, 0.15) is 0 Å². The first kappa shape index (κ1) is 13.3. The van der Waals surface area contributed by atoms with Crippen molar-refractivity contribution in [3.63, 3.8) is 0 Å². The number of hydrogen-bond acceptors (Lipinski definition) is 2. The molecular weight excluding hydrogens is 262 g/mol. The molecule has 2 aromatic carbocycles. The Bertz CT molecular complexity index is 617. The average molecular weight is 281 g/mol. The van der Waals surface area contributed by atoms with Gasteiger partial charge in [0.2, 0.25) is 0 Å². The predicted molar refractivity (Wildman–Crippen MR) is 89.4 cm³/mol. The summed E-state index contributed by atoms with van der Waals surface area (Å²) in [7, 11) is 0. The van der Waals surface area contributed by atoms with E-state index in [1.165, 1.54) is 40.8 Å². The van der Waals surface area contributed by atoms with Gasteiger partial charge in [0.15, 0.2) is 0 Å². The average Bonchev–Trinajstić information content (AvgIpc) is 3.31. The van der Waals surface area contributed by atoms with E-state index in [4.69, 9.17) is 0 Å². The van der Waals surface area contributed by atoms with Gasteiger partial charge < -0.3 is 4.72 Å². The zero-order valence-electron chi connectivity index (χ0n) is 11.9. The molecule has 0 saturated heterocycles. The molecule has 1 nitrogen and oxygen atoms in total. The highest BCUT2D eigenvalue weighted by Crippen LogP contribution is 2.36. The summed E-state index contributed by atoms with van der Waals surface area (Å²) in [4.78, 5) is 0. The summed E-state index contributed by atoms with van der Waals surface area (Å²) >= 11 is 1.67. The molecule has 0 unspecified atom stereocenters. The molecule has 1 aliphatic rings. The fourth-order valence-corrected chi connectivity index (χ4v) is 2.79. The van der Waals surface area contributed by atoms with E-state index in [2.05, 4.69) is 66.4 Å². The zero-order valence-corrected chi connectivity index (χ0v) is 12.8. The van der Waals surface area contributed by atoms with Crippen LogP contribution in [0.5, 0.6) is 0 Å². The number of allylic oxidation sites excluding steroid dienone is 1. The van der Waals surface area contributed by atoms with Crippen LogP contribution in [0.25, 0.3) is 16.8 Å². The highest BCUT2D eigenvalue weighted by atomic mass is 32.2. The van der Waals surface area contributed by atoms with Crippen LogP contribution < -0.4 is 4.72 Å². The normalized spacial score (nSPS) is 13.2. The summed E-state index contributed by atoms with van der Waals surface area (Å²) < 4.78 is 3.42. The molecule has 0 radical (unpaired) electrons. The summed E-state index contributed by atoms with van der Waals surface area (Å²) in [5, 5.41) is 0. The third-order valence-corrected chi connectivity index (χ3v) is 4.02. The SMILES string of the molecule is CSNC(=C1CC1)c1ccc(-c2ccc(C)cc2)cc1. The van der Waals surface area contributed by atoms with E-state index < -0.39 is 0 Å². The number of nitrogens with one attached hydrogen (secondary N) is 1. The molecule has 20 heavy (non-hydrogen) atoms. The molecule has 1 N–H and O–H groups in total. The molecule has 2 heteroatoms. The first-order chi connectivity index (χ1) is 9.78. The third kappa shape index (κ3) is 2.91. The smallest absolute Gasteiger partial charge is 0.0505 e. The lowest BCUT2D eigenvalue weighted by Crippen LogP contribution is -2.01. The lowest BCUT2D eigenvalue weighted by molar-refractivity contribution is 1.39. The Morgan fingerprint density at radius 2 is 1.45 bits per heavy atom. The second-order valence-electron chi connectivity index (χ2n) is 5.23. The van der Waals surface area contributed by atoms with Gasteiger partial charge in [0, 0.05) is 6.26 Å². The lowest BCUT2D eigenvalue weighted by atomic mass is 10.0. The van der Waals surface area contributed by atoms with Crippen LogP contribution in [0.2, 0.25) is 0 Å². The van der Waals surface area contributed by atoms with Gasteiger partial charge in [-0.3, -0.25) is 0 Å². The van der Waals surface area contributed by atoms with Gasteiger partial charge in [0.05, 0.1) is 5.70 Å². The van der Waals surface area contributed by atoms with E-state index in [1.807, 2.05) is 0 Å². The quantitative estimate of drug-likeness (QED) is 0.788. The van der Waals surface area contributed by atoms with Gasteiger partial charge in [-0.25, -0.2) is 0 Å². The van der Waals surface area contributed by atoms with Crippen LogP contribution in [-0.2, 0) is 0 Å². The molecule has 0 aliphatic heterocycles. The highest BCUT2D eigenvalue weighted by molar-refractivity contribution is 7.97. The number of aryl methyl sites for hydroxylation is 1. The van der Waals surface area contributed by atoms with Crippen LogP contribution in [0.4, 0.5) is 0 Å². The largest absolute Gasteiger partial charge is 0.329 e. The fraction of sp³-hybridized carbons (Fsp3) is 0.222. The Hall–Kier alpha value is -1.67. The second kappa shape index (κ2) is 5.76. The van der Waals surface area contributed by atoms with Gasteiger partial charge in [0.25, 0.3) is 0 Å². The highest BCUT2D eigenvalue weighted by Gasteiger charge is 2.18. The molecule has 0 atom stereocenters. The number of rotatable bonds is 4. The first-order valence-electron chi connectivity index (χ1n) is 6.96. The molecular formula is C18H19NS. The zero-order chi connectivity index (χ0) is 13.9. The van der Waals surface area contributed by atoms with Gasteiger partial charge >= 0.3 is 0 Å². The minimum atomic E-state index is 1.24. The summed E-state index contributed by atoms with van der Waals surface area (Å²) in [5.41, 5.74) is 8.01. The first-order valence-corrected chi connectivity index (χ1v) is 8.19. The Kier molecular flexibility index (Phi) is 3.83. The van der Waals surface area contributed by atoms with E-state index in [0.29, 0.717) is 0 Å². The summed E-state index contributed by atoms with van der Waals surface area (Å²) in [6.07, 6.45) is 4.55. The van der Waals surface area contributed by atoms with Crippen LogP contribution in [-0.4, -0.2) is 6.26 Å². The molecule has 1 fully saturated rings. The molecule has 0 heterocycles. The Balaban J connectivity index is 1.88. The summed E-state index contributed by atoms with van der Waals surface area (Å²) in [6.45, 7) is 2.12. The monoisotopic (exact) mass is 281 g/mol. The van der Waals surface area contributed by atoms with Crippen molar-refractivity contribution in [3.8, 4) is 11.1 Å². The minimum Gasteiger partial charge on any atom is -0.329 e. The van der Waals surface area contributed by atoms with Gasteiger partial charge in [-0.2, -0.15) is 0 Å². The van der Waals surface area contributed by atoms with Crippen molar-refractivity contribution in [3.05, 3.63) is 65.2 Å². The van der Waals surface area contributed by atoms with Crippen LogP contribution in [0.3, 0.4) is 0 Å². The number of benzene rings is 2. The van der Waals surface area contributed by atoms with Gasteiger partial charge in [-0.05, 0) is 42.0 Å². The van der Waals surface area contributed by atoms with Crippen molar-refractivity contribution in [1.29, 1.82) is 0 Å². The van der Waals surface area contributed by atoms with Crippen LogP contribution >= 0.6 is 11.9 Å². The molecule has 2 aromatic rings. The predicted octanol–water partition coefficient (Wildman–Crippen LogP) is 5.03. The van der Waals surface area contributed by atoms with Crippen molar-refractivity contribution in [1.82, 2.24) is 4.72 Å². The van der Waals surface area contributed by atoms with Crippen LogP contribution in [0.1, 0.15) is 24.0 Å². The molecule has 1 aliphatic carbocycles. The lowest BCUT2D eigenvalue weighted by Gasteiger charge is -2.10. The van der Waals surface area contributed by atoms with E-state index >= 15 is 0 Å². The van der Waals surface area contributed by atoms with Crippen LogP contribution in [0.15, 0.2) is 54.1 Å². The molecule has 1 saturated carbocycles. The maximum Gasteiger partial charge on any atom is 0.0505 e. The fourth-order valence-electron chi connectivity index (χ4n) is 2.33. The van der Waals surface area contributed by atoms with E-state index in [1.54, 1.807) is 17.5 Å². The molecule has 0 spiro atoms.